The fourth-order valence-electron chi connectivity index (χ4n) is 3.68. The van der Waals surface area contributed by atoms with Crippen LogP contribution < -0.4 is 10.2 Å². The Bertz CT molecular complexity index is 1370. The summed E-state index contributed by atoms with van der Waals surface area (Å²) >= 11 is 0. The van der Waals surface area contributed by atoms with Crippen molar-refractivity contribution in [2.24, 2.45) is 0 Å². The molecule has 3 heterocycles. The van der Waals surface area contributed by atoms with Crippen molar-refractivity contribution in [3.05, 3.63) is 65.2 Å². The highest BCUT2D eigenvalue weighted by atomic mass is 19.4. The molecule has 1 N–H and O–H groups in total. The molecule has 35 heavy (non-hydrogen) atoms. The normalized spacial score (nSPS) is 14.1. The Morgan fingerprint density at radius 2 is 1.94 bits per heavy atom. The van der Waals surface area contributed by atoms with E-state index >= 15 is 0 Å². The van der Waals surface area contributed by atoms with Crippen LogP contribution in [0.1, 0.15) is 34.2 Å². The number of alkyl halides is 3. The quantitative estimate of drug-likeness (QED) is 0.561. The largest absolute Gasteiger partial charge is 0.449 e. The van der Waals surface area contributed by atoms with Crippen LogP contribution in [0.5, 0.6) is 0 Å². The lowest BCUT2D eigenvalue weighted by Crippen LogP contribution is -2.47. The third-order valence-electron chi connectivity index (χ3n) is 5.31. The van der Waals surface area contributed by atoms with Gasteiger partial charge in [-0.3, -0.25) is 19.1 Å². The summed E-state index contributed by atoms with van der Waals surface area (Å²) < 4.78 is 51.5. The number of esters is 1. The van der Waals surface area contributed by atoms with Crippen LogP contribution >= 0.6 is 0 Å². The predicted octanol–water partition coefficient (Wildman–Crippen LogP) is 3.80. The Kier molecular flexibility index (Phi) is 5.86. The molecule has 1 aromatic carbocycles. The van der Waals surface area contributed by atoms with E-state index in [1.165, 1.54) is 18.4 Å². The summed E-state index contributed by atoms with van der Waals surface area (Å²) in [5, 5.41) is 11.9. The van der Waals surface area contributed by atoms with Gasteiger partial charge in [0, 0.05) is 12.4 Å². The highest BCUT2D eigenvalue weighted by Gasteiger charge is 2.36. The van der Waals surface area contributed by atoms with E-state index in [1.807, 2.05) is 6.07 Å². The maximum atomic E-state index is 13.0. The summed E-state index contributed by atoms with van der Waals surface area (Å²) in [6.07, 6.45) is -2.85. The van der Waals surface area contributed by atoms with Crippen LogP contribution in [0, 0.1) is 18.3 Å². The molecule has 0 fully saturated rings. The minimum atomic E-state index is -4.64. The third kappa shape index (κ3) is 4.35. The standard InChI is InChI=1S/C23H17F3N4O5/c1-12-19(15(10-27)21(34-12)29-7-3-4-8-29)22(33)35-13(2)20(32)30-11-18(31)28-16-9-14(23(24,25)26)5-6-17(16)30/h3-9,13H,11H2,1-2H3,(H,28,31). The lowest BCUT2D eigenvalue weighted by atomic mass is 10.1. The first-order valence-electron chi connectivity index (χ1n) is 10.2. The maximum absolute atomic E-state index is 13.0. The second kappa shape index (κ2) is 8.68. The number of aromatic nitrogens is 1. The Hall–Kier alpha value is -4.53. The molecule has 1 aliphatic rings. The zero-order valence-corrected chi connectivity index (χ0v) is 18.3. The van der Waals surface area contributed by atoms with Crippen LogP contribution in [0.2, 0.25) is 0 Å². The third-order valence-corrected chi connectivity index (χ3v) is 5.31. The van der Waals surface area contributed by atoms with Crippen LogP contribution in [0.4, 0.5) is 24.5 Å². The van der Waals surface area contributed by atoms with Gasteiger partial charge >= 0.3 is 12.1 Å². The molecule has 180 valence electrons. The average molecular weight is 486 g/mol. The van der Waals surface area contributed by atoms with Gasteiger partial charge < -0.3 is 14.5 Å². The number of ether oxygens (including phenoxy) is 1. The number of furan rings is 1. The topological polar surface area (TPSA) is 118 Å². The van der Waals surface area contributed by atoms with Crippen molar-refractivity contribution in [3.8, 4) is 12.0 Å². The molecule has 1 unspecified atom stereocenters. The van der Waals surface area contributed by atoms with Gasteiger partial charge in [-0.2, -0.15) is 18.4 Å². The second-order valence-corrected chi connectivity index (χ2v) is 7.67. The second-order valence-electron chi connectivity index (χ2n) is 7.67. The summed E-state index contributed by atoms with van der Waals surface area (Å²) in [4.78, 5) is 38.9. The summed E-state index contributed by atoms with van der Waals surface area (Å²) in [6, 6.07) is 7.85. The molecule has 2 amide bonds. The molecule has 4 rings (SSSR count). The molecular weight excluding hydrogens is 469 g/mol. The molecule has 12 heteroatoms. The van der Waals surface area contributed by atoms with Gasteiger partial charge in [0.1, 0.15) is 29.5 Å². The van der Waals surface area contributed by atoms with Crippen molar-refractivity contribution in [1.29, 1.82) is 5.26 Å². The highest BCUT2D eigenvalue weighted by molar-refractivity contribution is 6.11. The molecule has 1 aliphatic heterocycles. The molecule has 1 atom stereocenters. The molecular formula is C23H17F3N4O5. The van der Waals surface area contributed by atoms with Crippen LogP contribution in [-0.4, -0.2) is 35.0 Å². The monoisotopic (exact) mass is 486 g/mol. The first kappa shape index (κ1) is 23.6. The Morgan fingerprint density at radius 3 is 2.57 bits per heavy atom. The summed E-state index contributed by atoms with van der Waals surface area (Å²) in [6.45, 7) is 2.23. The van der Waals surface area contributed by atoms with Crippen LogP contribution in [-0.2, 0) is 20.5 Å². The van der Waals surface area contributed by atoms with Crippen molar-refractivity contribution in [2.75, 3.05) is 16.8 Å². The number of nitrogens with zero attached hydrogens (tertiary/aromatic N) is 3. The first-order valence-corrected chi connectivity index (χ1v) is 10.2. The number of anilines is 2. The number of fused-ring (bicyclic) bond motifs is 1. The zero-order valence-electron chi connectivity index (χ0n) is 18.3. The minimum Gasteiger partial charge on any atom is -0.449 e. The molecule has 0 saturated heterocycles. The van der Waals surface area contributed by atoms with E-state index in [2.05, 4.69) is 5.32 Å². The fraction of sp³-hybridized carbons (Fsp3) is 0.217. The van der Waals surface area contributed by atoms with E-state index in [-0.39, 0.29) is 34.1 Å². The van der Waals surface area contributed by atoms with Gasteiger partial charge in [-0.1, -0.05) is 0 Å². The number of hydrogen-bond acceptors (Lipinski definition) is 6. The van der Waals surface area contributed by atoms with Gasteiger partial charge in [0.2, 0.25) is 11.8 Å². The van der Waals surface area contributed by atoms with Gasteiger partial charge in [0.25, 0.3) is 5.91 Å². The number of rotatable bonds is 4. The Morgan fingerprint density at radius 1 is 1.26 bits per heavy atom. The number of nitrogens with one attached hydrogen (secondary N) is 1. The van der Waals surface area contributed by atoms with Gasteiger partial charge in [-0.15, -0.1) is 0 Å². The number of amides is 2. The Balaban J connectivity index is 1.59. The van der Waals surface area contributed by atoms with Gasteiger partial charge in [0.05, 0.1) is 16.9 Å². The number of carbonyl (C=O) groups is 3. The van der Waals surface area contributed by atoms with Gasteiger partial charge in [0.15, 0.2) is 6.10 Å². The predicted molar refractivity (Wildman–Crippen MR) is 115 cm³/mol. The van der Waals surface area contributed by atoms with Crippen molar-refractivity contribution in [3.63, 3.8) is 0 Å². The average Bonchev–Trinajstić information content (AvgIpc) is 3.44. The lowest BCUT2D eigenvalue weighted by Gasteiger charge is -2.31. The van der Waals surface area contributed by atoms with E-state index in [9.17, 15) is 32.8 Å². The summed E-state index contributed by atoms with van der Waals surface area (Å²) in [5.41, 5.74) is -1.43. The maximum Gasteiger partial charge on any atom is 0.416 e. The number of halogens is 3. The number of benzene rings is 1. The molecule has 0 aliphatic carbocycles. The smallest absolute Gasteiger partial charge is 0.416 e. The van der Waals surface area contributed by atoms with Crippen molar-refractivity contribution in [1.82, 2.24) is 4.57 Å². The van der Waals surface area contributed by atoms with Crippen LogP contribution in [0.15, 0.2) is 47.1 Å². The molecule has 0 radical (unpaired) electrons. The van der Waals surface area contributed by atoms with Crippen molar-refractivity contribution < 1.29 is 36.7 Å². The van der Waals surface area contributed by atoms with Crippen LogP contribution in [0.3, 0.4) is 0 Å². The number of carbonyl (C=O) groups excluding carboxylic acids is 3. The van der Waals surface area contributed by atoms with E-state index in [4.69, 9.17) is 9.15 Å². The molecule has 0 bridgehead atoms. The summed E-state index contributed by atoms with van der Waals surface area (Å²) in [5.74, 6) is -2.35. The molecule has 3 aromatic rings. The molecule has 9 nitrogen and oxygen atoms in total. The van der Waals surface area contributed by atoms with E-state index in [1.54, 1.807) is 24.5 Å². The van der Waals surface area contributed by atoms with E-state index in [0.29, 0.717) is 0 Å². The van der Waals surface area contributed by atoms with Gasteiger partial charge in [-0.05, 0) is 44.2 Å². The number of hydrogen-bond donors (Lipinski definition) is 1. The Labute approximate surface area is 196 Å². The summed E-state index contributed by atoms with van der Waals surface area (Å²) in [7, 11) is 0. The van der Waals surface area contributed by atoms with Crippen molar-refractivity contribution >= 4 is 29.2 Å². The minimum absolute atomic E-state index is 0.0256. The first-order chi connectivity index (χ1) is 16.5. The van der Waals surface area contributed by atoms with E-state index < -0.39 is 42.2 Å². The number of nitriles is 1. The van der Waals surface area contributed by atoms with Crippen molar-refractivity contribution in [2.45, 2.75) is 26.1 Å². The van der Waals surface area contributed by atoms with E-state index in [0.717, 1.165) is 23.1 Å². The van der Waals surface area contributed by atoms with Crippen LogP contribution in [0.25, 0.3) is 5.88 Å². The fourth-order valence-corrected chi connectivity index (χ4v) is 3.68. The lowest BCUT2D eigenvalue weighted by molar-refractivity contribution is -0.137. The highest BCUT2D eigenvalue weighted by Crippen LogP contribution is 2.37. The molecule has 0 spiro atoms. The molecule has 0 saturated carbocycles. The zero-order chi connectivity index (χ0) is 25.5. The number of aryl methyl sites for hydroxylation is 1. The molecule has 2 aromatic heterocycles. The van der Waals surface area contributed by atoms with Gasteiger partial charge in [-0.25, -0.2) is 4.79 Å². The SMILES string of the molecule is Cc1oc(-n2cccc2)c(C#N)c1C(=O)OC(C)C(=O)N1CC(=O)Nc2cc(C(F)(F)F)ccc21.